The molecule has 0 aliphatic carbocycles. The average Bonchev–Trinajstić information content (AvgIpc) is 2.66. The van der Waals surface area contributed by atoms with Crippen LogP contribution < -0.4 is 0 Å². The van der Waals surface area contributed by atoms with Gasteiger partial charge in [0.25, 0.3) is 0 Å². The van der Waals surface area contributed by atoms with Gasteiger partial charge in [-0.15, -0.1) is 0 Å². The predicted octanol–water partition coefficient (Wildman–Crippen LogP) is 2.10. The van der Waals surface area contributed by atoms with Gasteiger partial charge in [0.15, 0.2) is 0 Å². The summed E-state index contributed by atoms with van der Waals surface area (Å²) in [6.45, 7) is 0. The molecule has 2 nitrogen and oxygen atoms in total. The molecule has 3 radical (unpaired) electrons. The molecule has 0 atom stereocenters. The molecule has 0 saturated heterocycles. The van der Waals surface area contributed by atoms with E-state index in [0.29, 0.717) is 5.75 Å². The molecule has 2 N–H and O–H groups in total. The molecule has 14 heavy (non-hydrogen) atoms. The van der Waals surface area contributed by atoms with E-state index in [0.717, 1.165) is 48.7 Å². The number of aromatic amines is 1. The zero-order chi connectivity index (χ0) is 9.97. The quantitative estimate of drug-likeness (QED) is 0.771. The third-order valence-corrected chi connectivity index (χ3v) is 3.16. The summed E-state index contributed by atoms with van der Waals surface area (Å²) in [5.41, 5.74) is 1.98. The Morgan fingerprint density at radius 2 is 2.21 bits per heavy atom. The maximum atomic E-state index is 9.92. The summed E-state index contributed by atoms with van der Waals surface area (Å²) in [6.07, 6.45) is 4.76. The number of hydrogen-bond donors (Lipinski definition) is 2. The Hall–Kier alpha value is -0.778. The summed E-state index contributed by atoms with van der Waals surface area (Å²) in [5, 5.41) is 10.8. The molecule has 0 fully saturated rings. The van der Waals surface area contributed by atoms with Crippen molar-refractivity contribution >= 4 is 36.7 Å². The Labute approximate surface area is 98.3 Å². The summed E-state index contributed by atoms with van der Waals surface area (Å²) in [4.78, 5) is 3.07. The first-order valence-corrected chi connectivity index (χ1v) is 6.67. The second kappa shape index (κ2) is 4.17. The van der Waals surface area contributed by atoms with Crippen LogP contribution in [0, 0.1) is 0 Å². The molecule has 0 amide bonds. The number of benzene rings is 1. The van der Waals surface area contributed by atoms with E-state index in [1.165, 1.54) is 0 Å². The Kier molecular flexibility index (Phi) is 2.91. The second-order valence-corrected chi connectivity index (χ2v) is 4.41. The van der Waals surface area contributed by atoms with E-state index in [9.17, 15) is 5.11 Å². The molecule has 69 valence electrons. The number of phenols is 1. The number of hydrogen-bond acceptors (Lipinski definition) is 1. The number of nitrogens with one attached hydrogen (secondary N) is 1. The summed E-state index contributed by atoms with van der Waals surface area (Å²) in [7, 11) is 0. The molecular weight excluding hydrogens is 369 g/mol. The van der Waals surface area contributed by atoms with Crippen LogP contribution in [0.25, 0.3) is 10.9 Å². The van der Waals surface area contributed by atoms with Crippen LogP contribution in [-0.4, -0.2) is 35.9 Å². The fourth-order valence-electron chi connectivity index (χ4n) is 1.51. The van der Waals surface area contributed by atoms with Crippen molar-refractivity contribution in [2.75, 3.05) is 0 Å². The minimum atomic E-state index is 0.406. The summed E-state index contributed by atoms with van der Waals surface area (Å²) in [6, 6.07) is 5.87. The van der Waals surface area contributed by atoms with Crippen LogP contribution in [0.15, 0.2) is 34.1 Å². The van der Waals surface area contributed by atoms with Gasteiger partial charge < -0.3 is 0 Å². The van der Waals surface area contributed by atoms with Gasteiger partial charge in [0.1, 0.15) is 0 Å². The van der Waals surface area contributed by atoms with E-state index < -0.39 is 0 Å². The minimum absolute atomic E-state index is 0.406. The number of H-pyrrole nitrogens is 1. The zero-order valence-electron chi connectivity index (χ0n) is 7.62. The molecule has 3 heteroatoms. The van der Waals surface area contributed by atoms with E-state index in [1.807, 2.05) is 24.4 Å². The molecular formula is C11H10NOPb. The van der Waals surface area contributed by atoms with Crippen LogP contribution in [0.3, 0.4) is 0 Å². The monoisotopic (exact) mass is 380 g/mol. The van der Waals surface area contributed by atoms with Crippen molar-refractivity contribution in [2.45, 2.75) is 6.42 Å². The van der Waals surface area contributed by atoms with Crippen LogP contribution in [0.2, 0.25) is 0 Å². The zero-order valence-corrected chi connectivity index (χ0v) is 11.5. The van der Waals surface area contributed by atoms with E-state index in [2.05, 4.69) is 14.7 Å². The van der Waals surface area contributed by atoms with Gasteiger partial charge >= 0.3 is 98.6 Å². The predicted molar refractivity (Wildman–Crippen MR) is 58.6 cm³/mol. The first kappa shape index (κ1) is 9.76. The second-order valence-electron chi connectivity index (χ2n) is 3.12. The average molecular weight is 379 g/mol. The van der Waals surface area contributed by atoms with Crippen molar-refractivity contribution in [3.05, 3.63) is 39.7 Å². The fraction of sp³-hybridized carbons (Fsp3) is 0.0909. The Morgan fingerprint density at radius 3 is 3.00 bits per heavy atom. The molecule has 1 aromatic heterocycles. The van der Waals surface area contributed by atoms with Crippen molar-refractivity contribution in [3.63, 3.8) is 0 Å². The van der Waals surface area contributed by atoms with E-state index in [-0.39, 0.29) is 0 Å². The van der Waals surface area contributed by atoms with Crippen molar-refractivity contribution in [1.29, 1.82) is 0 Å². The number of aromatic nitrogens is 1. The summed E-state index contributed by atoms with van der Waals surface area (Å²) < 4.78 is 2.13. The van der Waals surface area contributed by atoms with Crippen LogP contribution in [-0.2, 0) is 6.42 Å². The van der Waals surface area contributed by atoms with Gasteiger partial charge in [-0.25, -0.2) is 0 Å². The third-order valence-electron chi connectivity index (χ3n) is 2.25. The normalized spacial score (nSPS) is 11.5. The molecule has 1 aromatic carbocycles. The van der Waals surface area contributed by atoms with Gasteiger partial charge in [0.2, 0.25) is 0 Å². The SMILES string of the molecule is Oc1c(C/C=[CH]/[Pb])ccc2[nH]ccc12. The van der Waals surface area contributed by atoms with Gasteiger partial charge in [-0.1, -0.05) is 0 Å². The molecule has 0 saturated carbocycles. The Morgan fingerprint density at radius 1 is 1.36 bits per heavy atom. The third kappa shape index (κ3) is 1.71. The maximum absolute atomic E-state index is 9.92. The van der Waals surface area contributed by atoms with E-state index >= 15 is 0 Å². The van der Waals surface area contributed by atoms with Gasteiger partial charge in [-0.05, 0) is 0 Å². The topological polar surface area (TPSA) is 36.0 Å². The van der Waals surface area contributed by atoms with Gasteiger partial charge in [-0.3, -0.25) is 0 Å². The number of fused-ring (bicyclic) bond motifs is 1. The van der Waals surface area contributed by atoms with E-state index in [1.54, 1.807) is 0 Å². The van der Waals surface area contributed by atoms with Gasteiger partial charge in [-0.2, -0.15) is 0 Å². The summed E-state index contributed by atoms with van der Waals surface area (Å²) >= 11 is 1.07. The number of phenolic OH excluding ortho intramolecular Hbond substituents is 1. The first-order valence-electron chi connectivity index (χ1n) is 4.43. The molecule has 0 spiro atoms. The fourth-order valence-corrected chi connectivity index (χ4v) is 1.97. The van der Waals surface area contributed by atoms with Crippen LogP contribution in [0.1, 0.15) is 5.56 Å². The molecule has 2 rings (SSSR count). The van der Waals surface area contributed by atoms with Gasteiger partial charge in [0, 0.05) is 0 Å². The molecule has 0 aliphatic rings. The van der Waals surface area contributed by atoms with Crippen molar-refractivity contribution < 1.29 is 5.11 Å². The molecule has 1 heterocycles. The molecule has 0 bridgehead atoms. The number of allylic oxidation sites excluding steroid dienone is 1. The molecule has 2 aromatic rings. The number of rotatable bonds is 2. The van der Waals surface area contributed by atoms with Crippen molar-refractivity contribution in [2.24, 2.45) is 0 Å². The first-order chi connectivity index (χ1) is 6.83. The number of aromatic hydroxyl groups is 1. The van der Waals surface area contributed by atoms with Crippen LogP contribution >= 0.6 is 0 Å². The van der Waals surface area contributed by atoms with Gasteiger partial charge in [0.05, 0.1) is 0 Å². The van der Waals surface area contributed by atoms with Crippen LogP contribution in [0.4, 0.5) is 0 Å². The molecule has 0 aliphatic heterocycles. The molecule has 0 unspecified atom stereocenters. The Bertz CT molecular complexity index is 473. The van der Waals surface area contributed by atoms with Crippen LogP contribution in [0.5, 0.6) is 5.75 Å². The van der Waals surface area contributed by atoms with Crippen molar-refractivity contribution in [1.82, 2.24) is 4.98 Å². The standard InChI is InChI=1S/C11H10NO.Pb/c1-2-3-8-4-5-10-9(11(8)13)6-7-12-10;/h1-2,4-7,12-13H,3H2;. The van der Waals surface area contributed by atoms with Crippen molar-refractivity contribution in [3.8, 4) is 5.75 Å². The summed E-state index contributed by atoms with van der Waals surface area (Å²) in [5.74, 6) is 0.406. The Balaban J connectivity index is 2.50. The van der Waals surface area contributed by atoms with E-state index in [4.69, 9.17) is 0 Å².